The molecule has 3 rings (SSSR count). The van der Waals surface area contributed by atoms with Crippen molar-refractivity contribution < 1.29 is 4.79 Å². The lowest BCUT2D eigenvalue weighted by Gasteiger charge is -2.25. The number of carbonyl (C=O) groups is 1. The van der Waals surface area contributed by atoms with Crippen LogP contribution >= 0.6 is 0 Å². The predicted molar refractivity (Wildman–Crippen MR) is 84.1 cm³/mol. The highest BCUT2D eigenvalue weighted by Crippen LogP contribution is 2.44. The minimum atomic E-state index is 0.0514. The number of nitrogens with one attached hydrogen (secondary N) is 2. The largest absolute Gasteiger partial charge is 0.356 e. The van der Waals surface area contributed by atoms with E-state index in [4.69, 9.17) is 0 Å². The summed E-state index contributed by atoms with van der Waals surface area (Å²) in [5.74, 6) is 3.43. The highest BCUT2D eigenvalue weighted by atomic mass is 16.2. The van der Waals surface area contributed by atoms with Gasteiger partial charge in [0.15, 0.2) is 5.96 Å². The summed E-state index contributed by atoms with van der Waals surface area (Å²) < 4.78 is 0. The number of amides is 1. The molecule has 5 heteroatoms. The summed E-state index contributed by atoms with van der Waals surface area (Å²) in [6, 6.07) is 0.559. The molecule has 21 heavy (non-hydrogen) atoms. The van der Waals surface area contributed by atoms with Gasteiger partial charge in [-0.3, -0.25) is 4.79 Å². The molecule has 0 aromatic carbocycles. The van der Waals surface area contributed by atoms with Gasteiger partial charge >= 0.3 is 0 Å². The van der Waals surface area contributed by atoms with Gasteiger partial charge in [0.05, 0.1) is 0 Å². The van der Waals surface area contributed by atoms with Crippen molar-refractivity contribution in [2.75, 3.05) is 27.2 Å². The number of nitrogens with zero attached hydrogens (tertiary/aromatic N) is 2. The van der Waals surface area contributed by atoms with Gasteiger partial charge in [-0.1, -0.05) is 6.42 Å². The van der Waals surface area contributed by atoms with Crippen LogP contribution in [0.4, 0.5) is 0 Å². The van der Waals surface area contributed by atoms with Crippen LogP contribution in [-0.4, -0.2) is 50.0 Å². The summed E-state index contributed by atoms with van der Waals surface area (Å²) >= 11 is 0. The molecule has 3 saturated carbocycles. The lowest BCUT2D eigenvalue weighted by molar-refractivity contribution is -0.127. The van der Waals surface area contributed by atoms with E-state index in [1.807, 2.05) is 0 Å². The second-order valence-corrected chi connectivity index (χ2v) is 7.20. The van der Waals surface area contributed by atoms with Crippen molar-refractivity contribution in [3.05, 3.63) is 0 Å². The van der Waals surface area contributed by atoms with Gasteiger partial charge in [-0.05, 0) is 49.9 Å². The zero-order chi connectivity index (χ0) is 14.8. The highest BCUT2D eigenvalue weighted by molar-refractivity contribution is 5.85. The molecule has 3 unspecified atom stereocenters. The van der Waals surface area contributed by atoms with Crippen LogP contribution in [0.25, 0.3) is 0 Å². The smallest absolute Gasteiger partial charge is 0.243 e. The first-order chi connectivity index (χ1) is 10.1. The molecular weight excluding hydrogens is 264 g/mol. The fourth-order valence-electron chi connectivity index (χ4n) is 3.60. The number of fused-ring (bicyclic) bond motifs is 2. The van der Waals surface area contributed by atoms with Gasteiger partial charge in [-0.25, -0.2) is 4.99 Å². The molecule has 0 aliphatic heterocycles. The minimum absolute atomic E-state index is 0.0514. The Morgan fingerprint density at radius 3 is 2.57 bits per heavy atom. The molecule has 1 amide bonds. The average Bonchev–Trinajstić information content (AvgIpc) is 3.06. The summed E-state index contributed by atoms with van der Waals surface area (Å²) in [6.45, 7) is 1.22. The van der Waals surface area contributed by atoms with E-state index < -0.39 is 0 Å². The average molecular weight is 292 g/mol. The normalized spacial score (nSPS) is 31.3. The minimum Gasteiger partial charge on any atom is -0.356 e. The number of carbonyl (C=O) groups excluding carboxylic acids is 1. The van der Waals surface area contributed by atoms with Gasteiger partial charge in [0.25, 0.3) is 0 Å². The Morgan fingerprint density at radius 1 is 1.19 bits per heavy atom. The quantitative estimate of drug-likeness (QED) is 0.591. The van der Waals surface area contributed by atoms with Crippen molar-refractivity contribution in [2.24, 2.45) is 22.7 Å². The van der Waals surface area contributed by atoms with Crippen molar-refractivity contribution in [2.45, 2.75) is 44.6 Å². The van der Waals surface area contributed by atoms with Crippen LogP contribution in [0.2, 0.25) is 0 Å². The summed E-state index contributed by atoms with van der Waals surface area (Å²) in [5, 5.41) is 7.02. The van der Waals surface area contributed by atoms with Crippen LogP contribution in [0.3, 0.4) is 0 Å². The zero-order valence-electron chi connectivity index (χ0n) is 13.3. The molecule has 0 heterocycles. The van der Waals surface area contributed by atoms with Crippen LogP contribution in [0, 0.1) is 17.8 Å². The monoisotopic (exact) mass is 292 g/mol. The Morgan fingerprint density at radius 2 is 2.00 bits per heavy atom. The van der Waals surface area contributed by atoms with Crippen molar-refractivity contribution in [1.29, 1.82) is 0 Å². The van der Waals surface area contributed by atoms with Gasteiger partial charge in [-0.2, -0.15) is 0 Å². The molecule has 0 saturated heterocycles. The lowest BCUT2D eigenvalue weighted by Crippen LogP contribution is -2.46. The van der Waals surface area contributed by atoms with Gasteiger partial charge in [0.2, 0.25) is 5.91 Å². The van der Waals surface area contributed by atoms with Crippen molar-refractivity contribution in [3.63, 3.8) is 0 Å². The standard InChI is InChI=1S/C16H28N4O/c1-20(2)15(21)10-18-16(17-9-11-3-4-11)19-14-8-12-5-6-13(14)7-12/h11-14H,3-10H2,1-2H3,(H2,17,18,19). The third-order valence-corrected chi connectivity index (χ3v) is 5.19. The molecule has 0 radical (unpaired) electrons. The first-order valence-corrected chi connectivity index (χ1v) is 8.37. The fourth-order valence-corrected chi connectivity index (χ4v) is 3.60. The molecule has 3 atom stereocenters. The molecule has 3 aliphatic carbocycles. The van der Waals surface area contributed by atoms with Crippen LogP contribution in [-0.2, 0) is 4.79 Å². The van der Waals surface area contributed by atoms with Crippen molar-refractivity contribution >= 4 is 11.9 Å². The maximum Gasteiger partial charge on any atom is 0.243 e. The maximum atomic E-state index is 11.7. The van der Waals surface area contributed by atoms with E-state index in [0.717, 1.165) is 30.3 Å². The maximum absolute atomic E-state index is 11.7. The zero-order valence-corrected chi connectivity index (χ0v) is 13.3. The number of likely N-dealkylation sites (N-methyl/N-ethyl adjacent to an activating group) is 1. The van der Waals surface area contributed by atoms with Crippen LogP contribution < -0.4 is 10.6 Å². The van der Waals surface area contributed by atoms with Crippen LogP contribution in [0.1, 0.15) is 38.5 Å². The highest BCUT2D eigenvalue weighted by Gasteiger charge is 2.39. The van der Waals surface area contributed by atoms with Crippen molar-refractivity contribution in [1.82, 2.24) is 15.5 Å². The van der Waals surface area contributed by atoms with Gasteiger partial charge in [0, 0.05) is 26.7 Å². The molecule has 2 N–H and O–H groups in total. The second kappa shape index (κ2) is 6.24. The van der Waals surface area contributed by atoms with Gasteiger partial charge in [-0.15, -0.1) is 0 Å². The first-order valence-electron chi connectivity index (χ1n) is 8.37. The predicted octanol–water partition coefficient (Wildman–Crippen LogP) is 1.21. The Kier molecular flexibility index (Phi) is 4.36. The van der Waals surface area contributed by atoms with Crippen LogP contribution in [0.15, 0.2) is 4.99 Å². The topological polar surface area (TPSA) is 56.7 Å². The molecule has 0 aromatic heterocycles. The van der Waals surface area contributed by atoms with E-state index in [9.17, 15) is 4.79 Å². The molecule has 0 aromatic rings. The fraction of sp³-hybridized carbons (Fsp3) is 0.875. The third-order valence-electron chi connectivity index (χ3n) is 5.19. The van der Waals surface area contributed by atoms with Gasteiger partial charge < -0.3 is 15.5 Å². The Hall–Kier alpha value is -1.26. The number of hydrogen-bond acceptors (Lipinski definition) is 2. The lowest BCUT2D eigenvalue weighted by atomic mass is 9.95. The summed E-state index contributed by atoms with van der Waals surface area (Å²) in [4.78, 5) is 17.8. The van der Waals surface area contributed by atoms with Gasteiger partial charge in [0.1, 0.15) is 6.54 Å². The van der Waals surface area contributed by atoms with E-state index in [1.54, 1.807) is 19.0 Å². The van der Waals surface area contributed by atoms with E-state index in [2.05, 4.69) is 15.6 Å². The molecular formula is C16H28N4O. The number of aliphatic imine (C=N–C) groups is 1. The van der Waals surface area contributed by atoms with Crippen molar-refractivity contribution in [3.8, 4) is 0 Å². The number of hydrogen-bond donors (Lipinski definition) is 2. The Labute approximate surface area is 127 Å². The molecule has 0 spiro atoms. The molecule has 118 valence electrons. The molecule has 3 aliphatic rings. The Bertz CT molecular complexity index is 417. The van der Waals surface area contributed by atoms with E-state index in [-0.39, 0.29) is 12.5 Å². The number of rotatable bonds is 5. The van der Waals surface area contributed by atoms with E-state index in [1.165, 1.54) is 38.5 Å². The third kappa shape index (κ3) is 3.89. The summed E-state index contributed by atoms with van der Waals surface area (Å²) in [7, 11) is 3.55. The molecule has 3 fully saturated rings. The van der Waals surface area contributed by atoms with E-state index >= 15 is 0 Å². The Balaban J connectivity index is 1.55. The van der Waals surface area contributed by atoms with Crippen LogP contribution in [0.5, 0.6) is 0 Å². The second-order valence-electron chi connectivity index (χ2n) is 7.20. The number of guanidine groups is 1. The summed E-state index contributed by atoms with van der Waals surface area (Å²) in [5.41, 5.74) is 0. The van der Waals surface area contributed by atoms with E-state index in [0.29, 0.717) is 6.04 Å². The molecule has 2 bridgehead atoms. The summed E-state index contributed by atoms with van der Waals surface area (Å²) in [6.07, 6.45) is 8.06. The first kappa shape index (κ1) is 14.7. The molecule has 5 nitrogen and oxygen atoms in total. The SMILES string of the molecule is CN(C)C(=O)CN=C(NCC1CC1)NC1CC2CCC1C2.